The number of halogens is 2. The zero-order chi connectivity index (χ0) is 13.0. The molecule has 1 aliphatic rings. The lowest BCUT2D eigenvalue weighted by molar-refractivity contribution is 0.258. The molecule has 0 amide bonds. The molecule has 1 saturated heterocycles. The van der Waals surface area contributed by atoms with Gasteiger partial charge in [0.15, 0.2) is 0 Å². The Bertz CT molecular complexity index is 389. The van der Waals surface area contributed by atoms with E-state index in [2.05, 4.69) is 16.7 Å². The third-order valence-electron chi connectivity index (χ3n) is 3.37. The standard InChI is InChI=1S/C14H20ClFN2/c1-2-3-17-4-6-18(7-5-17)14-9-12(11-15)8-13(16)10-14/h8-10H,2-7,11H2,1H3. The van der Waals surface area contributed by atoms with Gasteiger partial charge in [-0.3, -0.25) is 4.90 Å². The highest BCUT2D eigenvalue weighted by molar-refractivity contribution is 6.17. The summed E-state index contributed by atoms with van der Waals surface area (Å²) in [6.45, 7) is 7.40. The third-order valence-corrected chi connectivity index (χ3v) is 3.68. The van der Waals surface area contributed by atoms with Gasteiger partial charge in [0.1, 0.15) is 5.82 Å². The molecule has 0 radical (unpaired) electrons. The lowest BCUT2D eigenvalue weighted by Gasteiger charge is -2.36. The van der Waals surface area contributed by atoms with Gasteiger partial charge in [-0.25, -0.2) is 4.39 Å². The number of anilines is 1. The van der Waals surface area contributed by atoms with Crippen molar-refractivity contribution in [2.24, 2.45) is 0 Å². The second-order valence-corrected chi connectivity index (χ2v) is 5.05. The fourth-order valence-corrected chi connectivity index (χ4v) is 2.59. The molecule has 1 aliphatic heterocycles. The van der Waals surface area contributed by atoms with E-state index in [9.17, 15) is 4.39 Å². The molecule has 0 aliphatic carbocycles. The predicted molar refractivity (Wildman–Crippen MR) is 74.9 cm³/mol. The molecule has 1 fully saturated rings. The van der Waals surface area contributed by atoms with Crippen LogP contribution in [0, 0.1) is 5.82 Å². The summed E-state index contributed by atoms with van der Waals surface area (Å²) in [5, 5.41) is 0. The molecular weight excluding hydrogens is 251 g/mol. The molecule has 0 unspecified atom stereocenters. The summed E-state index contributed by atoms with van der Waals surface area (Å²) in [6.07, 6.45) is 1.19. The Labute approximate surface area is 113 Å². The summed E-state index contributed by atoms with van der Waals surface area (Å²) in [5.41, 5.74) is 1.81. The second kappa shape index (κ2) is 6.39. The normalized spacial score (nSPS) is 17.2. The average Bonchev–Trinajstić information content (AvgIpc) is 2.39. The molecule has 4 heteroatoms. The quantitative estimate of drug-likeness (QED) is 0.776. The minimum Gasteiger partial charge on any atom is -0.369 e. The van der Waals surface area contributed by atoms with E-state index in [0.29, 0.717) is 5.88 Å². The van der Waals surface area contributed by atoms with Crippen molar-refractivity contribution in [3.63, 3.8) is 0 Å². The number of nitrogens with zero attached hydrogens (tertiary/aromatic N) is 2. The van der Waals surface area contributed by atoms with E-state index in [1.165, 1.54) is 12.5 Å². The van der Waals surface area contributed by atoms with E-state index in [4.69, 9.17) is 11.6 Å². The largest absolute Gasteiger partial charge is 0.369 e. The van der Waals surface area contributed by atoms with Crippen LogP contribution >= 0.6 is 11.6 Å². The molecule has 18 heavy (non-hydrogen) atoms. The van der Waals surface area contributed by atoms with Gasteiger partial charge in [0.2, 0.25) is 0 Å². The highest BCUT2D eigenvalue weighted by Gasteiger charge is 2.17. The third kappa shape index (κ3) is 3.36. The van der Waals surface area contributed by atoms with Crippen molar-refractivity contribution in [1.29, 1.82) is 0 Å². The van der Waals surface area contributed by atoms with Crippen LogP contribution in [0.25, 0.3) is 0 Å². The van der Waals surface area contributed by atoms with Crippen molar-refractivity contribution < 1.29 is 4.39 Å². The van der Waals surface area contributed by atoms with Crippen molar-refractivity contribution in [3.05, 3.63) is 29.6 Å². The zero-order valence-corrected chi connectivity index (χ0v) is 11.6. The predicted octanol–water partition coefficient (Wildman–Crippen LogP) is 3.10. The minimum atomic E-state index is -0.195. The first-order chi connectivity index (χ1) is 8.72. The minimum absolute atomic E-state index is 0.195. The van der Waals surface area contributed by atoms with Crippen LogP contribution < -0.4 is 4.90 Å². The van der Waals surface area contributed by atoms with Crippen LogP contribution in [-0.2, 0) is 5.88 Å². The summed E-state index contributed by atoms with van der Waals surface area (Å²) in [6, 6.07) is 5.10. The molecule has 1 aromatic carbocycles. The first-order valence-corrected chi connectivity index (χ1v) is 7.09. The monoisotopic (exact) mass is 270 g/mol. The van der Waals surface area contributed by atoms with Crippen molar-refractivity contribution >= 4 is 17.3 Å². The second-order valence-electron chi connectivity index (χ2n) is 4.78. The van der Waals surface area contributed by atoms with E-state index < -0.39 is 0 Å². The van der Waals surface area contributed by atoms with Crippen LogP contribution in [-0.4, -0.2) is 37.6 Å². The van der Waals surface area contributed by atoms with Gasteiger partial charge in [-0.15, -0.1) is 11.6 Å². The SMILES string of the molecule is CCCN1CCN(c2cc(F)cc(CCl)c2)CC1. The molecule has 0 aromatic heterocycles. The van der Waals surface area contributed by atoms with E-state index in [-0.39, 0.29) is 5.82 Å². The molecule has 100 valence electrons. The van der Waals surface area contributed by atoms with Crippen LogP contribution in [0.3, 0.4) is 0 Å². The maximum atomic E-state index is 13.5. The highest BCUT2D eigenvalue weighted by atomic mass is 35.5. The fraction of sp³-hybridized carbons (Fsp3) is 0.571. The van der Waals surface area contributed by atoms with E-state index >= 15 is 0 Å². The summed E-state index contributed by atoms with van der Waals surface area (Å²) >= 11 is 5.78. The number of alkyl halides is 1. The first kappa shape index (κ1) is 13.6. The number of hydrogen-bond donors (Lipinski definition) is 0. The van der Waals surface area contributed by atoms with Crippen LogP contribution in [0.4, 0.5) is 10.1 Å². The maximum Gasteiger partial charge on any atom is 0.125 e. The average molecular weight is 271 g/mol. The first-order valence-electron chi connectivity index (χ1n) is 6.55. The summed E-state index contributed by atoms with van der Waals surface area (Å²) < 4.78 is 13.5. The van der Waals surface area contributed by atoms with Gasteiger partial charge in [-0.05, 0) is 36.7 Å². The lowest BCUT2D eigenvalue weighted by atomic mass is 10.2. The molecule has 0 saturated carbocycles. The van der Waals surface area contributed by atoms with Gasteiger partial charge in [0.25, 0.3) is 0 Å². The number of piperazine rings is 1. The Hall–Kier alpha value is -0.800. The zero-order valence-electron chi connectivity index (χ0n) is 10.8. The molecule has 0 atom stereocenters. The summed E-state index contributed by atoms with van der Waals surface area (Å²) in [7, 11) is 0. The Balaban J connectivity index is 2.02. The Morgan fingerprint density at radius 2 is 1.89 bits per heavy atom. The Kier molecular flexibility index (Phi) is 4.84. The number of benzene rings is 1. The topological polar surface area (TPSA) is 6.48 Å². The molecular formula is C14H20ClFN2. The molecule has 2 rings (SSSR count). The van der Waals surface area contributed by atoms with Crippen molar-refractivity contribution in [2.75, 3.05) is 37.6 Å². The Morgan fingerprint density at radius 1 is 1.17 bits per heavy atom. The van der Waals surface area contributed by atoms with Gasteiger partial charge in [-0.1, -0.05) is 6.92 Å². The molecule has 0 spiro atoms. The lowest BCUT2D eigenvalue weighted by Crippen LogP contribution is -2.46. The van der Waals surface area contributed by atoms with Crippen LogP contribution in [0.5, 0.6) is 0 Å². The molecule has 0 bridgehead atoms. The van der Waals surface area contributed by atoms with E-state index in [1.807, 2.05) is 6.07 Å². The molecule has 1 aromatic rings. The number of rotatable bonds is 4. The summed E-state index contributed by atoms with van der Waals surface area (Å²) in [4.78, 5) is 4.70. The smallest absolute Gasteiger partial charge is 0.125 e. The van der Waals surface area contributed by atoms with Gasteiger partial charge in [-0.2, -0.15) is 0 Å². The van der Waals surface area contributed by atoms with Gasteiger partial charge >= 0.3 is 0 Å². The highest BCUT2D eigenvalue weighted by Crippen LogP contribution is 2.21. The fourth-order valence-electron chi connectivity index (χ4n) is 2.44. The molecule has 1 heterocycles. The van der Waals surface area contributed by atoms with Crippen molar-refractivity contribution in [3.8, 4) is 0 Å². The van der Waals surface area contributed by atoms with E-state index in [0.717, 1.165) is 44.0 Å². The van der Waals surface area contributed by atoms with Crippen molar-refractivity contribution in [2.45, 2.75) is 19.2 Å². The molecule has 0 N–H and O–H groups in total. The van der Waals surface area contributed by atoms with Crippen LogP contribution in [0.15, 0.2) is 18.2 Å². The number of hydrogen-bond acceptors (Lipinski definition) is 2. The summed E-state index contributed by atoms with van der Waals surface area (Å²) in [5.74, 6) is 0.166. The van der Waals surface area contributed by atoms with Gasteiger partial charge in [0, 0.05) is 37.7 Å². The van der Waals surface area contributed by atoms with E-state index in [1.54, 1.807) is 6.07 Å². The maximum absolute atomic E-state index is 13.5. The van der Waals surface area contributed by atoms with Crippen LogP contribution in [0.2, 0.25) is 0 Å². The van der Waals surface area contributed by atoms with Crippen molar-refractivity contribution in [1.82, 2.24) is 4.90 Å². The van der Waals surface area contributed by atoms with Gasteiger partial charge in [0.05, 0.1) is 0 Å². The van der Waals surface area contributed by atoms with Gasteiger partial charge < -0.3 is 4.90 Å². The Morgan fingerprint density at radius 3 is 2.50 bits per heavy atom. The van der Waals surface area contributed by atoms with Crippen LogP contribution in [0.1, 0.15) is 18.9 Å². The molecule has 2 nitrogen and oxygen atoms in total.